The van der Waals surface area contributed by atoms with Crippen LogP contribution in [0.25, 0.3) is 11.1 Å². The third-order valence-corrected chi connectivity index (χ3v) is 9.68. The molecular weight excluding hydrogens is 696 g/mol. The minimum absolute atomic E-state index is 0. The van der Waals surface area contributed by atoms with Gasteiger partial charge in [-0.3, -0.25) is 0 Å². The van der Waals surface area contributed by atoms with Crippen molar-refractivity contribution in [3.8, 4) is 0 Å². The molecule has 6 rings (SSSR count). The number of hydrogen-bond acceptors (Lipinski definition) is 4. The lowest BCUT2D eigenvalue weighted by Crippen LogP contribution is -3.00. The van der Waals surface area contributed by atoms with Crippen molar-refractivity contribution in [2.45, 2.75) is 0 Å². The van der Waals surface area contributed by atoms with Crippen molar-refractivity contribution in [3.05, 3.63) is 164 Å². The van der Waals surface area contributed by atoms with Gasteiger partial charge in [-0.2, -0.15) is 22.7 Å². The van der Waals surface area contributed by atoms with E-state index in [1.807, 2.05) is 0 Å². The molecule has 2 aliphatic carbocycles. The molecule has 0 fully saturated rings. The van der Waals surface area contributed by atoms with Gasteiger partial charge in [-0.05, 0) is 127 Å². The number of nitrogens with zero attached hydrogens (tertiary/aromatic N) is 4. The molecule has 4 nitrogen and oxygen atoms in total. The van der Waals surface area contributed by atoms with Crippen LogP contribution in [0.5, 0.6) is 0 Å². The fourth-order valence-electron chi connectivity index (χ4n) is 5.52. The summed E-state index contributed by atoms with van der Waals surface area (Å²) in [7, 11) is 16.5. The van der Waals surface area contributed by atoms with Gasteiger partial charge in [0.25, 0.3) is 0 Å². The molecule has 0 atom stereocenters. The second-order valence-corrected chi connectivity index (χ2v) is 14.1. The second-order valence-electron chi connectivity index (χ2n) is 12.5. The molecule has 0 aliphatic heterocycles. The van der Waals surface area contributed by atoms with Gasteiger partial charge in [0.05, 0.1) is 0 Å². The summed E-state index contributed by atoms with van der Waals surface area (Å²) in [6.45, 7) is 0. The molecule has 0 radical (unpaired) electrons. The lowest BCUT2D eigenvalue weighted by atomic mass is 9.92. The molecule has 2 aromatic carbocycles. The van der Waals surface area contributed by atoms with Crippen molar-refractivity contribution in [2.24, 2.45) is 0 Å². The van der Waals surface area contributed by atoms with Crippen LogP contribution in [0.4, 0.5) is 11.4 Å². The molecule has 2 aliphatic rings. The summed E-state index contributed by atoms with van der Waals surface area (Å²) in [4.78, 5) is 4.25. The second kappa shape index (κ2) is 18.7. The average molecular weight is 742 g/mol. The molecule has 0 saturated carbocycles. The quantitative estimate of drug-likeness (QED) is 0.282. The number of hydrogen-bond donors (Lipinski definition) is 0. The van der Waals surface area contributed by atoms with E-state index in [1.165, 1.54) is 67.3 Å². The Morgan fingerprint density at radius 3 is 1.00 bits per heavy atom. The predicted octanol–water partition coefficient (Wildman–Crippen LogP) is 2.92. The minimum Gasteiger partial charge on any atom is -1.00 e. The summed E-state index contributed by atoms with van der Waals surface area (Å²) >= 11 is 3.47. The topological polar surface area (TPSA) is 12.5 Å². The van der Waals surface area contributed by atoms with Crippen molar-refractivity contribution in [3.63, 3.8) is 0 Å². The summed E-state index contributed by atoms with van der Waals surface area (Å²) in [6, 6.07) is 21.9. The van der Waals surface area contributed by atoms with E-state index < -0.39 is 0 Å². The van der Waals surface area contributed by atoms with Crippen LogP contribution in [0, 0.1) is 0 Å². The van der Waals surface area contributed by atoms with Crippen LogP contribution < -0.4 is 34.6 Å². The van der Waals surface area contributed by atoms with Gasteiger partial charge in [0, 0.05) is 63.9 Å². The SMILES string of the molecule is CN(C)c1ccc(C(=C2C=CC(=[N+](C)C)C=C2)c2ccsc2)cc1.CN(C)c1ccc(C(=C2C=CC(=[N+](C)C)C=C2)c2ccsc2)cc1.[Cl-].[Cl-]. The molecule has 0 unspecified atom stereocenters. The maximum Gasteiger partial charge on any atom is 0.199 e. The van der Waals surface area contributed by atoms with Gasteiger partial charge >= 0.3 is 0 Å². The number of rotatable bonds is 6. The molecule has 4 aromatic rings. The summed E-state index contributed by atoms with van der Waals surface area (Å²) in [5, 5.41) is 8.71. The van der Waals surface area contributed by atoms with Crippen LogP contribution in [0.1, 0.15) is 22.3 Å². The summed E-state index contributed by atoms with van der Waals surface area (Å²) in [6.07, 6.45) is 17.5. The van der Waals surface area contributed by atoms with Gasteiger partial charge in [-0.25, -0.2) is 9.15 Å². The monoisotopic (exact) mass is 740 g/mol. The highest BCUT2D eigenvalue weighted by molar-refractivity contribution is 7.08. The first-order valence-electron chi connectivity index (χ1n) is 16.0. The van der Waals surface area contributed by atoms with Crippen molar-refractivity contribution in [1.29, 1.82) is 0 Å². The van der Waals surface area contributed by atoms with Gasteiger partial charge in [0.1, 0.15) is 28.2 Å². The van der Waals surface area contributed by atoms with Crippen LogP contribution in [0.2, 0.25) is 0 Å². The maximum absolute atomic E-state index is 2.22. The highest BCUT2D eigenvalue weighted by atomic mass is 35.5. The third-order valence-electron chi connectivity index (χ3n) is 8.31. The van der Waals surface area contributed by atoms with Gasteiger partial charge < -0.3 is 34.6 Å². The van der Waals surface area contributed by atoms with E-state index in [0.717, 1.165) is 0 Å². The Morgan fingerprint density at radius 2 is 0.760 bits per heavy atom. The minimum atomic E-state index is 0. The lowest BCUT2D eigenvalue weighted by Gasteiger charge is -2.15. The first-order chi connectivity index (χ1) is 23.1. The lowest BCUT2D eigenvalue weighted by molar-refractivity contribution is -0.462. The molecule has 2 aromatic heterocycles. The van der Waals surface area contributed by atoms with Crippen LogP contribution in [-0.4, -0.2) is 77.0 Å². The first-order valence-corrected chi connectivity index (χ1v) is 17.9. The van der Waals surface area contributed by atoms with E-state index in [2.05, 4.69) is 206 Å². The van der Waals surface area contributed by atoms with Crippen molar-refractivity contribution in [1.82, 2.24) is 0 Å². The molecule has 8 heteroatoms. The Kier molecular flexibility index (Phi) is 15.0. The highest BCUT2D eigenvalue weighted by Crippen LogP contribution is 2.33. The van der Waals surface area contributed by atoms with E-state index in [9.17, 15) is 0 Å². The Labute approximate surface area is 319 Å². The molecule has 0 N–H and O–H groups in total. The summed E-state index contributed by atoms with van der Waals surface area (Å²) in [5.41, 5.74) is 15.0. The van der Waals surface area contributed by atoms with E-state index in [0.29, 0.717) is 0 Å². The van der Waals surface area contributed by atoms with Crippen molar-refractivity contribution in [2.75, 3.05) is 66.2 Å². The van der Waals surface area contributed by atoms with Crippen LogP contribution in [0.3, 0.4) is 0 Å². The average Bonchev–Trinajstić information content (AvgIpc) is 3.82. The van der Waals surface area contributed by atoms with Crippen LogP contribution >= 0.6 is 22.7 Å². The van der Waals surface area contributed by atoms with Crippen LogP contribution in [-0.2, 0) is 0 Å². The Bertz CT molecular complexity index is 1780. The Morgan fingerprint density at radius 1 is 0.440 bits per heavy atom. The zero-order valence-electron chi connectivity index (χ0n) is 30.1. The van der Waals surface area contributed by atoms with Gasteiger partial charge in [0.2, 0.25) is 0 Å². The Hall–Kier alpha value is -4.20. The zero-order valence-corrected chi connectivity index (χ0v) is 33.2. The summed E-state index contributed by atoms with van der Waals surface area (Å²) in [5.74, 6) is 0. The summed E-state index contributed by atoms with van der Waals surface area (Å²) < 4.78 is 4.25. The molecule has 0 amide bonds. The smallest absolute Gasteiger partial charge is 0.199 e. The molecule has 50 heavy (non-hydrogen) atoms. The predicted molar refractivity (Wildman–Crippen MR) is 213 cm³/mol. The number of halogens is 2. The number of allylic oxidation sites excluding steroid dienone is 10. The number of anilines is 2. The van der Waals surface area contributed by atoms with Gasteiger partial charge in [0.15, 0.2) is 11.4 Å². The fraction of sp³-hybridized carbons (Fsp3) is 0.190. The standard InChI is InChI=1S/2C21H23N2S.2ClH/c2*1-22(2)19-9-5-16(6-10-19)21(18-13-14-24-15-18)17-7-11-20(12-8-17)23(3)4;;/h2*5-15H,1-4H3;2*1H/q2*+1;;/p-2. The van der Waals surface area contributed by atoms with Crippen LogP contribution in [0.15, 0.2) is 142 Å². The maximum atomic E-state index is 2.22. The molecular formula is C42H46Cl2N4S2. The largest absolute Gasteiger partial charge is 1.00 e. The Balaban J connectivity index is 0.000000260. The molecule has 260 valence electrons. The number of benzene rings is 2. The van der Waals surface area contributed by atoms with E-state index in [-0.39, 0.29) is 24.8 Å². The van der Waals surface area contributed by atoms with Crippen molar-refractivity contribution >= 4 is 56.6 Å². The molecule has 0 saturated heterocycles. The van der Waals surface area contributed by atoms with Crippen molar-refractivity contribution < 1.29 is 34.0 Å². The first kappa shape index (κ1) is 40.2. The molecule has 0 bridgehead atoms. The van der Waals surface area contributed by atoms with E-state index >= 15 is 0 Å². The molecule has 0 spiro atoms. The highest BCUT2D eigenvalue weighted by Gasteiger charge is 2.15. The normalized spacial score (nSPS) is 12.8. The van der Waals surface area contributed by atoms with E-state index in [4.69, 9.17) is 0 Å². The van der Waals surface area contributed by atoms with E-state index in [1.54, 1.807) is 22.7 Å². The van der Waals surface area contributed by atoms with Gasteiger partial charge in [-0.15, -0.1) is 0 Å². The molecule has 2 heterocycles. The van der Waals surface area contributed by atoms with Gasteiger partial charge in [-0.1, -0.05) is 24.3 Å². The third kappa shape index (κ3) is 9.95. The fourth-order valence-corrected chi connectivity index (χ4v) is 6.81. The zero-order chi connectivity index (χ0) is 34.2. The number of thiophene rings is 2.